The molecule has 1 amide bonds. The Labute approximate surface area is 41.3 Å². The Balaban J connectivity index is 2.28. The predicted octanol–water partition coefficient (Wildman–Crippen LogP) is -0.238. The number of amides is 1. The summed E-state index contributed by atoms with van der Waals surface area (Å²) in [7, 11) is 0. The number of carbonyl (C=O) groups excluding carboxylic acids is 1. The van der Waals surface area contributed by atoms with Crippen LogP contribution in [0.4, 0.5) is 0 Å². The minimum Gasteiger partial charge on any atom is -0.344 e. The highest BCUT2D eigenvalue weighted by atomic mass is 32.1. The standard InChI is InChI=1S/C3H5NOS/c5-2-1-3(6)4-2/h3,6H,1H2,(H,4,5). The molecule has 34 valence electrons. The van der Waals surface area contributed by atoms with E-state index in [-0.39, 0.29) is 11.3 Å². The lowest BCUT2D eigenvalue weighted by atomic mass is 10.3. The molecule has 0 aromatic heterocycles. The third kappa shape index (κ3) is 0.497. The molecular formula is C3H5NOS. The summed E-state index contributed by atoms with van der Waals surface area (Å²) < 4.78 is 0. The van der Waals surface area contributed by atoms with Gasteiger partial charge in [0.25, 0.3) is 0 Å². The molecule has 0 aliphatic carbocycles. The van der Waals surface area contributed by atoms with Crippen LogP contribution in [-0.4, -0.2) is 11.3 Å². The fraction of sp³-hybridized carbons (Fsp3) is 0.667. The SMILES string of the molecule is O=C1CC(S)N1. The molecule has 0 aromatic carbocycles. The van der Waals surface area contributed by atoms with E-state index in [1.54, 1.807) is 0 Å². The van der Waals surface area contributed by atoms with Crippen LogP contribution in [0, 0.1) is 0 Å². The molecule has 6 heavy (non-hydrogen) atoms. The fourth-order valence-corrected chi connectivity index (χ4v) is 0.650. The van der Waals surface area contributed by atoms with Gasteiger partial charge in [-0.05, 0) is 0 Å². The van der Waals surface area contributed by atoms with Crippen LogP contribution >= 0.6 is 12.6 Å². The summed E-state index contributed by atoms with van der Waals surface area (Å²) in [5, 5.41) is 2.67. The Kier molecular flexibility index (Phi) is 0.765. The van der Waals surface area contributed by atoms with Crippen LogP contribution in [0.1, 0.15) is 6.42 Å². The minimum absolute atomic E-state index is 0.106. The van der Waals surface area contributed by atoms with Gasteiger partial charge in [-0.1, -0.05) is 0 Å². The molecule has 1 rings (SSSR count). The second-order valence-electron chi connectivity index (χ2n) is 1.29. The molecule has 1 atom stereocenters. The lowest BCUT2D eigenvalue weighted by Crippen LogP contribution is -2.44. The first-order valence-corrected chi connectivity index (χ1v) is 2.28. The number of hydrogen-bond acceptors (Lipinski definition) is 2. The number of rotatable bonds is 0. The summed E-state index contributed by atoms with van der Waals surface area (Å²) in [5.41, 5.74) is 0. The van der Waals surface area contributed by atoms with E-state index in [1.165, 1.54) is 0 Å². The largest absolute Gasteiger partial charge is 0.344 e. The van der Waals surface area contributed by atoms with Crippen molar-refractivity contribution in [2.24, 2.45) is 0 Å². The monoisotopic (exact) mass is 103 g/mol. The lowest BCUT2D eigenvalue weighted by Gasteiger charge is -2.20. The van der Waals surface area contributed by atoms with Gasteiger partial charge in [0.1, 0.15) is 0 Å². The number of β-lactam (4-membered cyclic amide) rings is 1. The van der Waals surface area contributed by atoms with Gasteiger partial charge < -0.3 is 5.32 Å². The second-order valence-corrected chi connectivity index (χ2v) is 1.91. The van der Waals surface area contributed by atoms with Crippen molar-refractivity contribution in [1.29, 1.82) is 0 Å². The van der Waals surface area contributed by atoms with Crippen molar-refractivity contribution < 1.29 is 4.79 Å². The van der Waals surface area contributed by atoms with E-state index in [9.17, 15) is 4.79 Å². The van der Waals surface area contributed by atoms with Gasteiger partial charge in [-0.15, -0.1) is 0 Å². The first-order chi connectivity index (χ1) is 2.79. The zero-order chi connectivity index (χ0) is 4.57. The molecule has 1 fully saturated rings. The Morgan fingerprint density at radius 2 is 2.50 bits per heavy atom. The lowest BCUT2D eigenvalue weighted by molar-refractivity contribution is -0.126. The molecule has 0 aromatic rings. The highest BCUT2D eigenvalue weighted by Crippen LogP contribution is 2.05. The third-order valence-corrected chi connectivity index (χ3v) is 1.02. The van der Waals surface area contributed by atoms with Crippen LogP contribution in [0.15, 0.2) is 0 Å². The molecular weight excluding hydrogens is 98.1 g/mol. The minimum atomic E-state index is 0.106. The molecule has 1 aliphatic heterocycles. The smallest absolute Gasteiger partial charge is 0.223 e. The molecule has 1 heterocycles. The summed E-state index contributed by atoms with van der Waals surface area (Å²) in [6.45, 7) is 0. The number of carbonyl (C=O) groups is 1. The molecule has 1 unspecified atom stereocenters. The average molecular weight is 103 g/mol. The number of hydrogen-bond donors (Lipinski definition) is 2. The van der Waals surface area contributed by atoms with E-state index in [0.717, 1.165) is 0 Å². The predicted molar refractivity (Wildman–Crippen MR) is 25.5 cm³/mol. The van der Waals surface area contributed by atoms with Crippen LogP contribution in [0.5, 0.6) is 0 Å². The molecule has 1 aliphatic rings. The maximum atomic E-state index is 9.95. The van der Waals surface area contributed by atoms with Gasteiger partial charge in [-0.3, -0.25) is 4.79 Å². The van der Waals surface area contributed by atoms with Crippen molar-refractivity contribution in [3.05, 3.63) is 0 Å². The van der Waals surface area contributed by atoms with E-state index < -0.39 is 0 Å². The van der Waals surface area contributed by atoms with Gasteiger partial charge in [-0.2, -0.15) is 12.6 Å². The van der Waals surface area contributed by atoms with E-state index in [0.29, 0.717) is 6.42 Å². The Hall–Kier alpha value is -0.180. The number of thiol groups is 1. The van der Waals surface area contributed by atoms with E-state index in [2.05, 4.69) is 17.9 Å². The molecule has 3 heteroatoms. The maximum absolute atomic E-state index is 9.95. The molecule has 2 nitrogen and oxygen atoms in total. The molecule has 0 saturated carbocycles. The van der Waals surface area contributed by atoms with E-state index >= 15 is 0 Å². The molecule has 1 N–H and O–H groups in total. The molecule has 0 spiro atoms. The zero-order valence-corrected chi connectivity index (χ0v) is 4.03. The summed E-state index contributed by atoms with van der Waals surface area (Å²) in [5.74, 6) is 0.106. The number of nitrogens with one attached hydrogen (secondary N) is 1. The van der Waals surface area contributed by atoms with Gasteiger partial charge in [0.2, 0.25) is 5.91 Å². The normalized spacial score (nSPS) is 31.5. The maximum Gasteiger partial charge on any atom is 0.223 e. The van der Waals surface area contributed by atoms with E-state index in [4.69, 9.17) is 0 Å². The van der Waals surface area contributed by atoms with Crippen molar-refractivity contribution in [2.45, 2.75) is 11.8 Å². The highest BCUT2D eigenvalue weighted by Gasteiger charge is 2.19. The summed E-state index contributed by atoms with van der Waals surface area (Å²) >= 11 is 3.91. The Morgan fingerprint density at radius 1 is 2.00 bits per heavy atom. The van der Waals surface area contributed by atoms with Crippen molar-refractivity contribution in [1.82, 2.24) is 5.32 Å². The van der Waals surface area contributed by atoms with Gasteiger partial charge in [0, 0.05) is 0 Å². The van der Waals surface area contributed by atoms with Crippen LogP contribution < -0.4 is 5.32 Å². The Morgan fingerprint density at radius 3 is 2.50 bits per heavy atom. The Bertz CT molecular complexity index is 74.9. The highest BCUT2D eigenvalue weighted by molar-refractivity contribution is 7.81. The van der Waals surface area contributed by atoms with E-state index in [1.807, 2.05) is 0 Å². The van der Waals surface area contributed by atoms with Crippen molar-refractivity contribution in [3.63, 3.8) is 0 Å². The van der Waals surface area contributed by atoms with Crippen LogP contribution in [0.25, 0.3) is 0 Å². The second kappa shape index (κ2) is 1.15. The van der Waals surface area contributed by atoms with Crippen molar-refractivity contribution >= 4 is 18.5 Å². The quantitative estimate of drug-likeness (QED) is 0.321. The summed E-state index contributed by atoms with van der Waals surface area (Å²) in [4.78, 5) is 9.95. The molecule has 0 bridgehead atoms. The van der Waals surface area contributed by atoms with Crippen molar-refractivity contribution in [3.8, 4) is 0 Å². The average Bonchev–Trinajstić information content (AvgIpc) is 1.33. The van der Waals surface area contributed by atoms with Gasteiger partial charge in [0.15, 0.2) is 0 Å². The fourth-order valence-electron chi connectivity index (χ4n) is 0.340. The summed E-state index contributed by atoms with van der Waals surface area (Å²) in [6, 6.07) is 0. The third-order valence-electron chi connectivity index (χ3n) is 0.706. The van der Waals surface area contributed by atoms with Gasteiger partial charge in [0.05, 0.1) is 11.8 Å². The van der Waals surface area contributed by atoms with Gasteiger partial charge >= 0.3 is 0 Å². The molecule has 1 saturated heterocycles. The van der Waals surface area contributed by atoms with Crippen LogP contribution in [0.2, 0.25) is 0 Å². The molecule has 0 radical (unpaired) electrons. The zero-order valence-electron chi connectivity index (χ0n) is 3.14. The first kappa shape index (κ1) is 3.99. The van der Waals surface area contributed by atoms with Crippen molar-refractivity contribution in [2.75, 3.05) is 0 Å². The summed E-state index contributed by atoms with van der Waals surface area (Å²) in [6.07, 6.45) is 0.586. The van der Waals surface area contributed by atoms with Gasteiger partial charge in [-0.25, -0.2) is 0 Å². The van der Waals surface area contributed by atoms with Crippen LogP contribution in [-0.2, 0) is 4.79 Å². The topological polar surface area (TPSA) is 29.1 Å². The first-order valence-electron chi connectivity index (χ1n) is 1.76. The van der Waals surface area contributed by atoms with Crippen LogP contribution in [0.3, 0.4) is 0 Å².